The van der Waals surface area contributed by atoms with Crippen molar-refractivity contribution in [2.24, 2.45) is 0 Å². The Morgan fingerprint density at radius 2 is 1.73 bits per heavy atom. The molecule has 0 aliphatic carbocycles. The lowest BCUT2D eigenvalue weighted by Gasteiger charge is -2.10. The van der Waals surface area contributed by atoms with Gasteiger partial charge in [-0.05, 0) is 61.0 Å². The molecular formula is C25H21N7O. The smallest absolute Gasteiger partial charge is 0.255 e. The van der Waals surface area contributed by atoms with Gasteiger partial charge in [0, 0.05) is 23.6 Å². The van der Waals surface area contributed by atoms with E-state index >= 15 is 0 Å². The average Bonchev–Trinajstić information content (AvgIpc) is 3.26. The van der Waals surface area contributed by atoms with Crippen LogP contribution in [0.1, 0.15) is 15.9 Å². The summed E-state index contributed by atoms with van der Waals surface area (Å²) in [6, 6.07) is 20.1. The molecule has 0 saturated carbocycles. The van der Waals surface area contributed by atoms with E-state index in [2.05, 4.69) is 20.6 Å². The Kier molecular flexibility index (Phi) is 5.16. The number of aryl methyl sites for hydroxylation is 1. The maximum absolute atomic E-state index is 12.5. The van der Waals surface area contributed by atoms with Crippen LogP contribution < -0.4 is 16.4 Å². The molecule has 0 radical (unpaired) electrons. The number of hydrogen-bond donors (Lipinski definition) is 3. The van der Waals surface area contributed by atoms with Crippen LogP contribution in [0.2, 0.25) is 0 Å². The van der Waals surface area contributed by atoms with Crippen LogP contribution in [0.25, 0.3) is 17.0 Å². The number of hydrogen-bond acceptors (Lipinski definition) is 6. The maximum atomic E-state index is 12.5. The Labute approximate surface area is 190 Å². The normalized spacial score (nSPS) is 10.8. The first-order valence-corrected chi connectivity index (χ1v) is 10.4. The monoisotopic (exact) mass is 435 g/mol. The molecule has 0 aliphatic rings. The third-order valence-corrected chi connectivity index (χ3v) is 5.24. The third-order valence-electron chi connectivity index (χ3n) is 5.24. The van der Waals surface area contributed by atoms with E-state index in [0.29, 0.717) is 22.9 Å². The van der Waals surface area contributed by atoms with E-state index in [1.165, 1.54) is 0 Å². The molecule has 4 N–H and O–H groups in total. The highest BCUT2D eigenvalue weighted by atomic mass is 16.1. The largest absolute Gasteiger partial charge is 0.397 e. The van der Waals surface area contributed by atoms with Crippen molar-refractivity contribution in [1.29, 1.82) is 0 Å². The minimum atomic E-state index is -0.235. The molecule has 33 heavy (non-hydrogen) atoms. The van der Waals surface area contributed by atoms with Crippen molar-refractivity contribution >= 4 is 34.6 Å². The fraction of sp³-hybridized carbons (Fsp3) is 0.0400. The van der Waals surface area contributed by atoms with Gasteiger partial charge in [-0.3, -0.25) is 9.20 Å². The number of nitrogens with zero attached hydrogens (tertiary/aromatic N) is 4. The molecule has 8 heteroatoms. The quantitative estimate of drug-likeness (QED) is 0.346. The lowest BCUT2D eigenvalue weighted by atomic mass is 10.2. The van der Waals surface area contributed by atoms with E-state index in [1.54, 1.807) is 48.8 Å². The first-order chi connectivity index (χ1) is 16.1. The number of nitrogen functional groups attached to an aromatic ring is 1. The van der Waals surface area contributed by atoms with Gasteiger partial charge >= 0.3 is 0 Å². The second kappa shape index (κ2) is 8.43. The number of anilines is 4. The van der Waals surface area contributed by atoms with Gasteiger partial charge in [0.05, 0.1) is 29.0 Å². The SMILES string of the molecule is Cc1cnc(Nc2ccc(C(=O)Nc3ccccc3N)cc2)nc1-c1cnc2ccccn12. The van der Waals surface area contributed by atoms with Crippen LogP contribution in [0.3, 0.4) is 0 Å². The zero-order valence-electron chi connectivity index (χ0n) is 17.9. The summed E-state index contributed by atoms with van der Waals surface area (Å²) in [5.74, 6) is 0.219. The number of pyridine rings is 1. The van der Waals surface area contributed by atoms with E-state index in [0.717, 1.165) is 28.3 Å². The highest BCUT2D eigenvalue weighted by molar-refractivity contribution is 6.05. The van der Waals surface area contributed by atoms with Gasteiger partial charge in [0.25, 0.3) is 5.91 Å². The van der Waals surface area contributed by atoms with Crippen LogP contribution in [-0.4, -0.2) is 25.3 Å². The summed E-state index contributed by atoms with van der Waals surface area (Å²) < 4.78 is 1.99. The molecule has 5 rings (SSSR count). The summed E-state index contributed by atoms with van der Waals surface area (Å²) in [7, 11) is 0. The zero-order valence-corrected chi connectivity index (χ0v) is 17.9. The number of imidazole rings is 1. The summed E-state index contributed by atoms with van der Waals surface area (Å²) in [5, 5.41) is 6.03. The van der Waals surface area contributed by atoms with Crippen LogP contribution in [0.15, 0.2) is 85.3 Å². The highest BCUT2D eigenvalue weighted by Crippen LogP contribution is 2.24. The van der Waals surface area contributed by atoms with Crippen LogP contribution >= 0.6 is 0 Å². The molecule has 5 aromatic rings. The van der Waals surface area contributed by atoms with Crippen molar-refractivity contribution in [3.63, 3.8) is 0 Å². The van der Waals surface area contributed by atoms with Crippen molar-refractivity contribution in [2.75, 3.05) is 16.4 Å². The first-order valence-electron chi connectivity index (χ1n) is 10.4. The van der Waals surface area contributed by atoms with Crippen LogP contribution in [0, 0.1) is 6.92 Å². The fourth-order valence-electron chi connectivity index (χ4n) is 3.51. The molecule has 162 valence electrons. The molecule has 8 nitrogen and oxygen atoms in total. The predicted octanol–water partition coefficient (Wildman–Crippen LogP) is 4.68. The standard InChI is InChI=1S/C25H21N7O/c1-16-14-28-25(31-23(16)21-15-27-22-8-4-5-13-32(21)22)29-18-11-9-17(10-12-18)24(33)30-20-7-3-2-6-19(20)26/h2-15H,26H2,1H3,(H,30,33)(H,28,29,31). The maximum Gasteiger partial charge on any atom is 0.255 e. The van der Waals surface area contributed by atoms with Gasteiger partial charge in [0.15, 0.2) is 0 Å². The number of carbonyl (C=O) groups excluding carboxylic acids is 1. The van der Waals surface area contributed by atoms with Crippen molar-refractivity contribution in [1.82, 2.24) is 19.4 Å². The molecule has 0 saturated heterocycles. The highest BCUT2D eigenvalue weighted by Gasteiger charge is 2.12. The summed E-state index contributed by atoms with van der Waals surface area (Å²) >= 11 is 0. The van der Waals surface area contributed by atoms with E-state index < -0.39 is 0 Å². The first kappa shape index (κ1) is 20.2. The van der Waals surface area contributed by atoms with Gasteiger partial charge in [-0.1, -0.05) is 18.2 Å². The van der Waals surface area contributed by atoms with Crippen molar-refractivity contribution in [3.05, 3.63) is 96.4 Å². The summed E-state index contributed by atoms with van der Waals surface area (Å²) in [6.45, 7) is 1.97. The van der Waals surface area contributed by atoms with Crippen LogP contribution in [-0.2, 0) is 0 Å². The zero-order chi connectivity index (χ0) is 22.8. The molecule has 3 aromatic heterocycles. The van der Waals surface area contributed by atoms with Gasteiger partial charge in [0.1, 0.15) is 5.65 Å². The third kappa shape index (κ3) is 4.09. The summed E-state index contributed by atoms with van der Waals surface area (Å²) in [4.78, 5) is 26.1. The van der Waals surface area contributed by atoms with Crippen LogP contribution in [0.4, 0.5) is 23.0 Å². The van der Waals surface area contributed by atoms with Gasteiger partial charge in [0.2, 0.25) is 5.95 Å². The fourth-order valence-corrected chi connectivity index (χ4v) is 3.51. The molecule has 1 amide bonds. The van der Waals surface area contributed by atoms with Gasteiger partial charge in [-0.15, -0.1) is 0 Å². The van der Waals surface area contributed by atoms with Gasteiger partial charge in [-0.2, -0.15) is 0 Å². The van der Waals surface area contributed by atoms with E-state index in [-0.39, 0.29) is 5.91 Å². The summed E-state index contributed by atoms with van der Waals surface area (Å²) in [5.41, 5.74) is 11.8. The Morgan fingerprint density at radius 3 is 2.55 bits per heavy atom. The number of nitrogens with two attached hydrogens (primary N) is 1. The molecule has 3 heterocycles. The molecule has 0 bridgehead atoms. The average molecular weight is 435 g/mol. The minimum Gasteiger partial charge on any atom is -0.397 e. The number of fused-ring (bicyclic) bond motifs is 1. The number of amides is 1. The Balaban J connectivity index is 1.35. The predicted molar refractivity (Wildman–Crippen MR) is 129 cm³/mol. The number of carbonyl (C=O) groups is 1. The molecule has 0 spiro atoms. The van der Waals surface area contributed by atoms with Crippen molar-refractivity contribution in [3.8, 4) is 11.4 Å². The number of nitrogens with one attached hydrogen (secondary N) is 2. The lowest BCUT2D eigenvalue weighted by molar-refractivity contribution is 0.102. The molecule has 0 fully saturated rings. The summed E-state index contributed by atoms with van der Waals surface area (Å²) in [6.07, 6.45) is 5.54. The second-order valence-electron chi connectivity index (χ2n) is 7.54. The molecule has 0 unspecified atom stereocenters. The molecular weight excluding hydrogens is 414 g/mol. The minimum absolute atomic E-state index is 0.235. The topological polar surface area (TPSA) is 110 Å². The Bertz CT molecular complexity index is 1460. The van der Waals surface area contributed by atoms with Crippen molar-refractivity contribution in [2.45, 2.75) is 6.92 Å². The number of rotatable bonds is 5. The van der Waals surface area contributed by atoms with Gasteiger partial charge in [-0.25, -0.2) is 15.0 Å². The van der Waals surface area contributed by atoms with E-state index in [1.807, 2.05) is 47.9 Å². The van der Waals surface area contributed by atoms with E-state index in [9.17, 15) is 4.79 Å². The lowest BCUT2D eigenvalue weighted by Crippen LogP contribution is -2.13. The van der Waals surface area contributed by atoms with Crippen molar-refractivity contribution < 1.29 is 4.79 Å². The Morgan fingerprint density at radius 1 is 0.939 bits per heavy atom. The number of benzene rings is 2. The Hall–Kier alpha value is -4.72. The van der Waals surface area contributed by atoms with Gasteiger partial charge < -0.3 is 16.4 Å². The molecule has 0 atom stereocenters. The number of aromatic nitrogens is 4. The second-order valence-corrected chi connectivity index (χ2v) is 7.54. The molecule has 0 aliphatic heterocycles. The van der Waals surface area contributed by atoms with E-state index in [4.69, 9.17) is 10.7 Å². The number of para-hydroxylation sites is 2. The van der Waals surface area contributed by atoms with Crippen LogP contribution in [0.5, 0.6) is 0 Å². The molecule has 2 aromatic carbocycles.